The Morgan fingerprint density at radius 1 is 1.14 bits per heavy atom. The number of carbonyl (C=O) groups is 1. The Morgan fingerprint density at radius 2 is 1.62 bits per heavy atom. The first kappa shape index (κ1) is 17.1. The van der Waals surface area contributed by atoms with Crippen LogP contribution in [0.4, 0.5) is 24.5 Å². The minimum atomic E-state index is -4.45. The van der Waals surface area contributed by atoms with Gasteiger partial charge in [0.05, 0.1) is 0 Å². The number of halogens is 3. The number of hydrogen-bond donors (Lipinski definition) is 2. The maximum Gasteiger partial charge on any atom is 0.406 e. The van der Waals surface area contributed by atoms with Crippen LogP contribution in [-0.4, -0.2) is 29.6 Å². The molecule has 1 aromatic rings. The molecule has 1 amide bonds. The summed E-state index contributed by atoms with van der Waals surface area (Å²) < 4.78 is 38.2. The summed E-state index contributed by atoms with van der Waals surface area (Å²) in [5, 5.41) is 0. The van der Waals surface area contributed by atoms with Crippen LogP contribution in [0.2, 0.25) is 0 Å². The molecule has 0 bridgehead atoms. The van der Waals surface area contributed by atoms with E-state index in [1.807, 2.05) is 0 Å². The van der Waals surface area contributed by atoms with E-state index in [0.29, 0.717) is 12.8 Å². The Kier molecular flexibility index (Phi) is 5.46. The molecule has 0 heterocycles. The van der Waals surface area contributed by atoms with E-state index in [1.165, 1.54) is 18.2 Å². The maximum absolute atomic E-state index is 12.7. The highest BCUT2D eigenvalue weighted by molar-refractivity contribution is 5.96. The summed E-state index contributed by atoms with van der Waals surface area (Å²) in [4.78, 5) is 13.2. The van der Waals surface area contributed by atoms with Gasteiger partial charge in [-0.15, -0.1) is 0 Å². The lowest BCUT2D eigenvalue weighted by Crippen LogP contribution is -2.45. The normalized spacial score (nSPS) is 11.7. The molecule has 4 N–H and O–H groups in total. The Balaban J connectivity index is 3.14. The zero-order valence-corrected chi connectivity index (χ0v) is 12.1. The largest absolute Gasteiger partial charge is 0.406 e. The molecule has 0 unspecified atom stereocenters. The van der Waals surface area contributed by atoms with E-state index in [0.717, 1.165) is 4.90 Å². The standard InChI is InChI=1S/C14H20F3N3O/c1-3-12(4-2)20(8-14(15,16)17)13(21)9-5-10(18)7-11(19)6-9/h5-7,12H,3-4,8,18-19H2,1-2H3. The van der Waals surface area contributed by atoms with Crippen molar-refractivity contribution in [2.45, 2.75) is 38.9 Å². The third kappa shape index (κ3) is 4.84. The van der Waals surface area contributed by atoms with Crippen LogP contribution in [0.15, 0.2) is 18.2 Å². The number of alkyl halides is 3. The maximum atomic E-state index is 12.7. The molecule has 0 aliphatic carbocycles. The number of carbonyl (C=O) groups excluding carboxylic acids is 1. The van der Waals surface area contributed by atoms with Gasteiger partial charge in [-0.1, -0.05) is 13.8 Å². The monoisotopic (exact) mass is 303 g/mol. The Hall–Kier alpha value is -1.92. The van der Waals surface area contributed by atoms with Gasteiger partial charge >= 0.3 is 6.18 Å². The summed E-state index contributed by atoms with van der Waals surface area (Å²) >= 11 is 0. The molecule has 0 aromatic heterocycles. The van der Waals surface area contributed by atoms with Gasteiger partial charge in [-0.3, -0.25) is 4.79 Å². The van der Waals surface area contributed by atoms with Crippen molar-refractivity contribution >= 4 is 17.3 Å². The Morgan fingerprint density at radius 3 is 2.00 bits per heavy atom. The highest BCUT2D eigenvalue weighted by Crippen LogP contribution is 2.24. The van der Waals surface area contributed by atoms with Gasteiger partial charge in [0.2, 0.25) is 0 Å². The Bertz CT molecular complexity index is 478. The second-order valence-electron chi connectivity index (χ2n) is 4.91. The molecule has 1 rings (SSSR count). The molecule has 0 aliphatic rings. The van der Waals surface area contributed by atoms with Gasteiger partial charge in [0.15, 0.2) is 0 Å². The van der Waals surface area contributed by atoms with Crippen LogP contribution in [0.5, 0.6) is 0 Å². The molecule has 0 spiro atoms. The molecular weight excluding hydrogens is 283 g/mol. The van der Waals surface area contributed by atoms with Crippen molar-refractivity contribution < 1.29 is 18.0 Å². The number of benzene rings is 1. The number of nitrogens with two attached hydrogens (primary N) is 2. The third-order valence-electron chi connectivity index (χ3n) is 3.22. The zero-order chi connectivity index (χ0) is 16.2. The lowest BCUT2D eigenvalue weighted by atomic mass is 10.1. The van der Waals surface area contributed by atoms with Crippen molar-refractivity contribution in [3.05, 3.63) is 23.8 Å². The van der Waals surface area contributed by atoms with Crippen molar-refractivity contribution in [2.75, 3.05) is 18.0 Å². The highest BCUT2D eigenvalue weighted by Gasteiger charge is 2.36. The molecule has 21 heavy (non-hydrogen) atoms. The molecule has 118 valence electrons. The van der Waals surface area contributed by atoms with E-state index in [1.54, 1.807) is 13.8 Å². The van der Waals surface area contributed by atoms with Crippen LogP contribution >= 0.6 is 0 Å². The first-order valence-electron chi connectivity index (χ1n) is 6.71. The summed E-state index contributed by atoms with van der Waals surface area (Å²) in [5.74, 6) is -0.708. The summed E-state index contributed by atoms with van der Waals surface area (Å²) in [6.45, 7) is 2.21. The van der Waals surface area contributed by atoms with Crippen molar-refractivity contribution in [3.8, 4) is 0 Å². The molecule has 0 fully saturated rings. The topological polar surface area (TPSA) is 72.3 Å². The minimum absolute atomic E-state index is 0.0728. The van der Waals surface area contributed by atoms with Gasteiger partial charge in [0.25, 0.3) is 5.91 Å². The SMILES string of the molecule is CCC(CC)N(CC(F)(F)F)C(=O)c1cc(N)cc(N)c1. The number of amides is 1. The predicted octanol–water partition coefficient (Wildman–Crippen LogP) is 3.04. The molecule has 0 radical (unpaired) electrons. The smallest absolute Gasteiger partial charge is 0.399 e. The summed E-state index contributed by atoms with van der Waals surface area (Å²) in [7, 11) is 0. The number of anilines is 2. The summed E-state index contributed by atoms with van der Waals surface area (Å²) in [5.41, 5.74) is 11.7. The average molecular weight is 303 g/mol. The van der Waals surface area contributed by atoms with Gasteiger partial charge in [-0.05, 0) is 31.0 Å². The highest BCUT2D eigenvalue weighted by atomic mass is 19.4. The average Bonchev–Trinajstić information content (AvgIpc) is 2.35. The lowest BCUT2D eigenvalue weighted by Gasteiger charge is -2.31. The Labute approximate surface area is 121 Å². The van der Waals surface area contributed by atoms with Crippen molar-refractivity contribution in [1.82, 2.24) is 4.90 Å². The van der Waals surface area contributed by atoms with Crippen LogP contribution in [-0.2, 0) is 0 Å². The van der Waals surface area contributed by atoms with Crippen molar-refractivity contribution in [2.24, 2.45) is 0 Å². The fourth-order valence-corrected chi connectivity index (χ4v) is 2.26. The van der Waals surface area contributed by atoms with Crippen LogP contribution in [0.1, 0.15) is 37.0 Å². The molecule has 4 nitrogen and oxygen atoms in total. The third-order valence-corrected chi connectivity index (χ3v) is 3.22. The van der Waals surface area contributed by atoms with E-state index in [2.05, 4.69) is 0 Å². The van der Waals surface area contributed by atoms with Crippen LogP contribution in [0.25, 0.3) is 0 Å². The van der Waals surface area contributed by atoms with Crippen molar-refractivity contribution in [3.63, 3.8) is 0 Å². The quantitative estimate of drug-likeness (QED) is 0.821. The number of nitrogens with zero attached hydrogens (tertiary/aromatic N) is 1. The van der Waals surface area contributed by atoms with Gasteiger partial charge in [0, 0.05) is 23.0 Å². The molecule has 0 saturated heterocycles. The number of nitrogen functional groups attached to an aromatic ring is 2. The fourth-order valence-electron chi connectivity index (χ4n) is 2.26. The van der Waals surface area contributed by atoms with Crippen LogP contribution < -0.4 is 11.5 Å². The van der Waals surface area contributed by atoms with Gasteiger partial charge in [0.1, 0.15) is 6.54 Å². The van der Waals surface area contributed by atoms with Gasteiger partial charge in [-0.2, -0.15) is 13.2 Å². The van der Waals surface area contributed by atoms with E-state index in [4.69, 9.17) is 11.5 Å². The molecule has 0 saturated carbocycles. The predicted molar refractivity (Wildman–Crippen MR) is 76.7 cm³/mol. The van der Waals surface area contributed by atoms with E-state index in [9.17, 15) is 18.0 Å². The second kappa shape index (κ2) is 6.69. The molecule has 7 heteroatoms. The molecule has 0 aliphatic heterocycles. The second-order valence-corrected chi connectivity index (χ2v) is 4.91. The van der Waals surface area contributed by atoms with Gasteiger partial charge in [-0.25, -0.2) is 0 Å². The van der Waals surface area contributed by atoms with E-state index in [-0.39, 0.29) is 16.9 Å². The zero-order valence-electron chi connectivity index (χ0n) is 12.1. The molecular formula is C14H20F3N3O. The first-order chi connectivity index (χ1) is 9.67. The number of rotatable bonds is 5. The summed E-state index contributed by atoms with van der Waals surface area (Å²) in [6, 6.07) is 3.64. The fraction of sp³-hybridized carbons (Fsp3) is 0.500. The summed E-state index contributed by atoms with van der Waals surface area (Å²) in [6.07, 6.45) is -3.57. The van der Waals surface area contributed by atoms with E-state index < -0.39 is 24.7 Å². The van der Waals surface area contributed by atoms with Gasteiger partial charge < -0.3 is 16.4 Å². The van der Waals surface area contributed by atoms with Crippen LogP contribution in [0.3, 0.4) is 0 Å². The lowest BCUT2D eigenvalue weighted by molar-refractivity contribution is -0.144. The van der Waals surface area contributed by atoms with E-state index >= 15 is 0 Å². The molecule has 0 atom stereocenters. The van der Waals surface area contributed by atoms with Crippen LogP contribution in [0, 0.1) is 0 Å². The van der Waals surface area contributed by atoms with Crippen molar-refractivity contribution in [1.29, 1.82) is 0 Å². The minimum Gasteiger partial charge on any atom is -0.399 e. The molecule has 1 aromatic carbocycles. The number of hydrogen-bond acceptors (Lipinski definition) is 3. The first-order valence-corrected chi connectivity index (χ1v) is 6.71.